The molecule has 2 saturated heterocycles. The number of para-hydroxylation sites is 1. The number of anilines is 1. The monoisotopic (exact) mass is 863 g/mol. The van der Waals surface area contributed by atoms with Crippen LogP contribution in [0.1, 0.15) is 75.3 Å². The van der Waals surface area contributed by atoms with Crippen molar-refractivity contribution in [1.29, 1.82) is 0 Å². The van der Waals surface area contributed by atoms with Crippen molar-refractivity contribution in [1.82, 2.24) is 20.1 Å². The number of aromatic amines is 1. The number of fused-ring (bicyclic) bond motifs is 6. The van der Waals surface area contributed by atoms with Crippen molar-refractivity contribution in [2.45, 2.75) is 99.5 Å². The van der Waals surface area contributed by atoms with Crippen molar-refractivity contribution in [2.24, 2.45) is 11.3 Å². The van der Waals surface area contributed by atoms with E-state index in [1.165, 1.54) is 27.2 Å². The summed E-state index contributed by atoms with van der Waals surface area (Å²) in [5.74, 6) is -1.84. The molecule has 1 aliphatic carbocycles. The highest BCUT2D eigenvalue weighted by Crippen LogP contribution is 2.68. The number of likely N-dealkylation sites (N-methyl/N-ethyl adjacent to an activating group) is 1. The number of piperidine rings is 1. The summed E-state index contributed by atoms with van der Waals surface area (Å²) in [6.45, 7) is 12.5. The molecular formula is C49H61N5O9. The summed E-state index contributed by atoms with van der Waals surface area (Å²) < 4.78 is 24.1. The van der Waals surface area contributed by atoms with Crippen molar-refractivity contribution in [3.05, 3.63) is 83.6 Å². The third-order valence-corrected chi connectivity index (χ3v) is 16.2. The summed E-state index contributed by atoms with van der Waals surface area (Å²) in [7, 11) is 6.14. The number of nitrogens with zero attached hydrogens (tertiary/aromatic N) is 3. The lowest BCUT2D eigenvalue weighted by Gasteiger charge is -2.63. The summed E-state index contributed by atoms with van der Waals surface area (Å²) in [6.07, 6.45) is 7.38. The first-order chi connectivity index (χ1) is 30.2. The number of hydrogen-bond acceptors (Lipinski definition) is 12. The van der Waals surface area contributed by atoms with Gasteiger partial charge in [-0.05, 0) is 80.3 Å². The van der Waals surface area contributed by atoms with Crippen molar-refractivity contribution in [3.63, 3.8) is 0 Å². The molecule has 1 unspecified atom stereocenters. The minimum Gasteiger partial charge on any atom is -0.496 e. The number of benzene rings is 2. The molecule has 1 aromatic heterocycles. The van der Waals surface area contributed by atoms with Crippen molar-refractivity contribution in [2.75, 3.05) is 66.0 Å². The zero-order valence-electron chi connectivity index (χ0n) is 37.5. The van der Waals surface area contributed by atoms with Crippen molar-refractivity contribution < 1.29 is 43.2 Å². The van der Waals surface area contributed by atoms with Gasteiger partial charge in [-0.3, -0.25) is 19.3 Å². The molecule has 2 aromatic carbocycles. The average molecular weight is 864 g/mol. The van der Waals surface area contributed by atoms with E-state index in [1.807, 2.05) is 49.2 Å². The van der Waals surface area contributed by atoms with Gasteiger partial charge in [0, 0.05) is 90.9 Å². The molecule has 10 atom stereocenters. The molecule has 63 heavy (non-hydrogen) atoms. The molecule has 6 heterocycles. The lowest BCUT2D eigenvalue weighted by molar-refractivity contribution is -0.228. The predicted octanol–water partition coefficient (Wildman–Crippen LogP) is 4.30. The fourth-order valence-corrected chi connectivity index (χ4v) is 14.0. The Labute approximate surface area is 368 Å². The van der Waals surface area contributed by atoms with Crippen LogP contribution in [0.2, 0.25) is 0 Å². The number of methoxy groups -OCH3 is 3. The Morgan fingerprint density at radius 1 is 1.00 bits per heavy atom. The number of hydrogen-bond donors (Lipinski definition) is 3. The van der Waals surface area contributed by atoms with Gasteiger partial charge in [0.2, 0.25) is 11.5 Å². The Morgan fingerprint density at radius 3 is 2.44 bits per heavy atom. The van der Waals surface area contributed by atoms with E-state index >= 15 is 4.79 Å². The standard InChI is InChI=1S/C49H61N5O9/c1-9-38(56)51-45(10-2)25-30-26-48(43(57)61-7,39-32(17-21-53(27-30)28-45)31-15-12-13-16-35(31)50-39)34-23-33-36(24-37(34)60-6)52(5)41-47(33)19-22-54-20-14-18-46(11-3,40(47)54)42(63-29(4)55)49(41,59)44(58)62-8/h9,12-16,18,23-24,30,40-42,50,59H,1,10-11,17,19-22,25-28H2,2-8H3,(H,51,56)/t30-,40+,41-,42-,45+,46-,47-,48+,49+/m1/s1. The zero-order valence-corrected chi connectivity index (χ0v) is 37.5. The van der Waals surface area contributed by atoms with Gasteiger partial charge in [-0.1, -0.05) is 50.8 Å². The van der Waals surface area contributed by atoms with Crippen LogP contribution in [-0.4, -0.2) is 134 Å². The van der Waals surface area contributed by atoms with E-state index in [1.54, 1.807) is 7.11 Å². The maximum absolute atomic E-state index is 15.5. The first-order valence-electron chi connectivity index (χ1n) is 22.4. The van der Waals surface area contributed by atoms with E-state index in [9.17, 15) is 19.5 Å². The van der Waals surface area contributed by atoms with Gasteiger partial charge in [0.05, 0.1) is 32.9 Å². The highest BCUT2D eigenvalue weighted by molar-refractivity contribution is 5.95. The fourth-order valence-electron chi connectivity index (χ4n) is 14.0. The lowest BCUT2D eigenvalue weighted by atomic mass is 9.47. The molecule has 3 N–H and O–H groups in total. The average Bonchev–Trinajstić information content (AvgIpc) is 3.95. The first-order valence-corrected chi connectivity index (χ1v) is 22.4. The second kappa shape index (κ2) is 15.2. The van der Waals surface area contributed by atoms with Crippen molar-refractivity contribution >= 4 is 40.4 Å². The number of nitrogens with one attached hydrogen (secondary N) is 2. The van der Waals surface area contributed by atoms with Gasteiger partial charge in [-0.2, -0.15) is 0 Å². The third-order valence-electron chi connectivity index (χ3n) is 16.2. The molecule has 1 saturated carbocycles. The van der Waals surface area contributed by atoms with Crippen LogP contribution in [0, 0.1) is 11.3 Å². The SMILES string of the molecule is C=CC(=O)N[C@@]1(CC)C[C@H]2CN(CCc3c([nH]c4ccccc34)[C@@](C(=O)OC)(c3cc4c(cc3OC)N(C)[C@H]3[C@@](O)(C(=O)OC)[C@H](OC(C)=O)[C@]5(CC)C=CCN6CC[C@]43[C@@H]65)C2)C1. The second-order valence-corrected chi connectivity index (χ2v) is 19.0. The summed E-state index contributed by atoms with van der Waals surface area (Å²) >= 11 is 0. The molecule has 3 fully saturated rings. The molecule has 9 rings (SSSR count). The second-order valence-electron chi connectivity index (χ2n) is 19.0. The summed E-state index contributed by atoms with van der Waals surface area (Å²) in [4.78, 5) is 66.7. The summed E-state index contributed by atoms with van der Waals surface area (Å²) in [5, 5.41) is 17.7. The van der Waals surface area contributed by atoms with Crippen LogP contribution in [0.25, 0.3) is 10.9 Å². The fraction of sp³-hybridized carbons (Fsp3) is 0.551. The number of aromatic nitrogens is 1. The molecule has 336 valence electrons. The predicted molar refractivity (Wildman–Crippen MR) is 237 cm³/mol. The van der Waals surface area contributed by atoms with Crippen LogP contribution in [0.5, 0.6) is 5.75 Å². The van der Waals surface area contributed by atoms with Gasteiger partial charge in [0.25, 0.3) is 0 Å². The van der Waals surface area contributed by atoms with Gasteiger partial charge in [-0.15, -0.1) is 0 Å². The van der Waals surface area contributed by atoms with Gasteiger partial charge in [-0.25, -0.2) is 4.79 Å². The molecule has 2 bridgehead atoms. The molecule has 14 heteroatoms. The van der Waals surface area contributed by atoms with E-state index in [0.29, 0.717) is 82.6 Å². The molecule has 6 aliphatic rings. The van der Waals surface area contributed by atoms with E-state index in [0.717, 1.165) is 33.4 Å². The Hall–Kier alpha value is -5.18. The maximum Gasteiger partial charge on any atom is 0.344 e. The third kappa shape index (κ3) is 5.78. The van der Waals surface area contributed by atoms with Crippen molar-refractivity contribution in [3.8, 4) is 5.75 Å². The number of carbonyl (C=O) groups is 4. The van der Waals surface area contributed by atoms with Gasteiger partial charge >= 0.3 is 17.9 Å². The largest absolute Gasteiger partial charge is 0.496 e. The van der Waals surface area contributed by atoms with Crippen LogP contribution in [-0.2, 0) is 50.6 Å². The molecular weight excluding hydrogens is 803 g/mol. The lowest BCUT2D eigenvalue weighted by Crippen LogP contribution is -2.81. The molecule has 1 spiro atoms. The highest BCUT2D eigenvalue weighted by atomic mass is 16.6. The molecule has 1 amide bonds. The van der Waals surface area contributed by atoms with Crippen LogP contribution in [0.3, 0.4) is 0 Å². The van der Waals surface area contributed by atoms with Crippen LogP contribution in [0.4, 0.5) is 5.69 Å². The summed E-state index contributed by atoms with van der Waals surface area (Å²) in [6, 6.07) is 10.9. The normalized spacial score (nSPS) is 35.2. The number of amides is 1. The number of aliphatic hydroxyl groups is 1. The number of rotatable bonds is 9. The van der Waals surface area contributed by atoms with E-state index in [-0.39, 0.29) is 17.9 Å². The van der Waals surface area contributed by atoms with Crippen LogP contribution in [0.15, 0.2) is 61.2 Å². The van der Waals surface area contributed by atoms with E-state index in [4.69, 9.17) is 18.9 Å². The molecule has 5 aliphatic heterocycles. The number of H-pyrrole nitrogens is 1. The topological polar surface area (TPSA) is 163 Å². The minimum absolute atomic E-state index is 0.103. The smallest absolute Gasteiger partial charge is 0.344 e. The Kier molecular flexibility index (Phi) is 10.4. The number of esters is 3. The molecule has 14 nitrogen and oxygen atoms in total. The quantitative estimate of drug-likeness (QED) is 0.121. The molecule has 0 radical (unpaired) electrons. The van der Waals surface area contributed by atoms with E-state index in [2.05, 4.69) is 51.8 Å². The van der Waals surface area contributed by atoms with Crippen LogP contribution < -0.4 is 15.0 Å². The van der Waals surface area contributed by atoms with Gasteiger partial charge in [0.15, 0.2) is 6.10 Å². The first kappa shape index (κ1) is 43.1. The Bertz CT molecular complexity index is 2430. The van der Waals surface area contributed by atoms with Crippen LogP contribution >= 0.6 is 0 Å². The highest BCUT2D eigenvalue weighted by Gasteiger charge is 2.80. The number of ether oxygens (including phenoxy) is 4. The van der Waals surface area contributed by atoms with Gasteiger partial charge in [0.1, 0.15) is 11.2 Å². The number of carbonyl (C=O) groups excluding carboxylic acids is 4. The Balaban J connectivity index is 1.35. The van der Waals surface area contributed by atoms with Gasteiger partial charge < -0.3 is 44.2 Å². The zero-order chi connectivity index (χ0) is 44.9. The summed E-state index contributed by atoms with van der Waals surface area (Å²) in [5.41, 5.74) is -1.44. The molecule has 3 aromatic rings. The Morgan fingerprint density at radius 2 is 1.76 bits per heavy atom. The minimum atomic E-state index is -2.32. The maximum atomic E-state index is 15.5. The van der Waals surface area contributed by atoms with E-state index < -0.39 is 57.4 Å².